The Morgan fingerprint density at radius 3 is 2.62 bits per heavy atom. The highest BCUT2D eigenvalue weighted by atomic mass is 32.1. The molecule has 2 aromatic rings. The topological polar surface area (TPSA) is 23.6 Å². The van der Waals surface area contributed by atoms with Crippen LogP contribution in [0.25, 0.3) is 10.4 Å². The first-order chi connectivity index (χ1) is 12.6. The third kappa shape index (κ3) is 3.45. The summed E-state index contributed by atoms with van der Waals surface area (Å²) in [5, 5.41) is 0. The summed E-state index contributed by atoms with van der Waals surface area (Å²) < 4.78 is 0. The Kier molecular flexibility index (Phi) is 5.14. The number of amides is 1. The van der Waals surface area contributed by atoms with Crippen LogP contribution in [0.2, 0.25) is 0 Å². The number of thiophene rings is 1. The summed E-state index contributed by atoms with van der Waals surface area (Å²) in [6, 6.07) is 13.2. The molecule has 4 heteroatoms. The number of hydrogen-bond donors (Lipinski definition) is 0. The molecule has 2 aliphatic heterocycles. The summed E-state index contributed by atoms with van der Waals surface area (Å²) in [5.41, 5.74) is 2.61. The van der Waals surface area contributed by atoms with Crippen molar-refractivity contribution in [3.63, 3.8) is 0 Å². The molecule has 1 amide bonds. The van der Waals surface area contributed by atoms with Crippen LogP contribution in [0.1, 0.15) is 42.2 Å². The molecule has 1 aromatic heterocycles. The fraction of sp³-hybridized carbons (Fsp3) is 0.500. The van der Waals surface area contributed by atoms with Crippen molar-refractivity contribution < 1.29 is 4.79 Å². The number of benzene rings is 1. The van der Waals surface area contributed by atoms with Gasteiger partial charge in [-0.2, -0.15) is 0 Å². The Bertz CT molecular complexity index is 778. The van der Waals surface area contributed by atoms with Gasteiger partial charge in [-0.25, -0.2) is 0 Å². The summed E-state index contributed by atoms with van der Waals surface area (Å²) >= 11 is 1.84. The van der Waals surface area contributed by atoms with E-state index in [2.05, 4.69) is 48.2 Å². The van der Waals surface area contributed by atoms with Gasteiger partial charge in [-0.1, -0.05) is 30.7 Å². The third-order valence-electron chi connectivity index (χ3n) is 5.97. The monoisotopic (exact) mass is 368 g/mol. The van der Waals surface area contributed by atoms with Crippen LogP contribution >= 0.6 is 11.3 Å². The smallest absolute Gasteiger partial charge is 0.227 e. The quantitative estimate of drug-likeness (QED) is 0.779. The van der Waals surface area contributed by atoms with Gasteiger partial charge >= 0.3 is 0 Å². The van der Waals surface area contributed by atoms with E-state index >= 15 is 0 Å². The predicted molar refractivity (Wildman–Crippen MR) is 108 cm³/mol. The number of piperidine rings is 1. The second-order valence-electron chi connectivity index (χ2n) is 7.78. The van der Waals surface area contributed by atoms with Crippen molar-refractivity contribution >= 4 is 17.2 Å². The molecule has 0 saturated carbocycles. The molecule has 0 spiro atoms. The number of aryl methyl sites for hydroxylation is 1. The lowest BCUT2D eigenvalue weighted by Gasteiger charge is -2.28. The third-order valence-corrected chi connectivity index (χ3v) is 7.18. The maximum atomic E-state index is 12.8. The van der Waals surface area contributed by atoms with Crippen molar-refractivity contribution in [2.45, 2.75) is 38.6 Å². The second-order valence-corrected chi connectivity index (χ2v) is 8.89. The van der Waals surface area contributed by atoms with Gasteiger partial charge in [0.25, 0.3) is 0 Å². The summed E-state index contributed by atoms with van der Waals surface area (Å²) in [6.07, 6.45) is 4.86. The molecule has 2 saturated heterocycles. The van der Waals surface area contributed by atoms with Gasteiger partial charge in [0.15, 0.2) is 0 Å². The summed E-state index contributed by atoms with van der Waals surface area (Å²) in [5.74, 6) is 0.485. The van der Waals surface area contributed by atoms with Crippen LogP contribution in [-0.4, -0.2) is 42.4 Å². The number of likely N-dealkylation sites (tertiary alicyclic amines) is 2. The number of hydrogen-bond acceptors (Lipinski definition) is 3. The van der Waals surface area contributed by atoms with Crippen LogP contribution in [0.15, 0.2) is 36.4 Å². The maximum absolute atomic E-state index is 12.8. The Hall–Kier alpha value is -1.65. The lowest BCUT2D eigenvalue weighted by Crippen LogP contribution is -2.36. The first kappa shape index (κ1) is 17.7. The van der Waals surface area contributed by atoms with Gasteiger partial charge < -0.3 is 9.80 Å². The van der Waals surface area contributed by atoms with Gasteiger partial charge in [-0.15, -0.1) is 11.3 Å². The van der Waals surface area contributed by atoms with Crippen molar-refractivity contribution in [3.8, 4) is 10.4 Å². The molecule has 0 N–H and O–H groups in total. The number of carbonyl (C=O) groups is 1. The van der Waals surface area contributed by atoms with Crippen LogP contribution in [-0.2, 0) is 4.79 Å². The first-order valence-corrected chi connectivity index (χ1v) is 10.6. The van der Waals surface area contributed by atoms with E-state index in [0.29, 0.717) is 5.91 Å². The van der Waals surface area contributed by atoms with Crippen molar-refractivity contribution in [3.05, 3.63) is 46.8 Å². The molecule has 138 valence electrons. The molecule has 4 rings (SSSR count). The van der Waals surface area contributed by atoms with Crippen LogP contribution in [0.5, 0.6) is 0 Å². The zero-order chi connectivity index (χ0) is 18.1. The van der Waals surface area contributed by atoms with Gasteiger partial charge in [0.1, 0.15) is 0 Å². The summed E-state index contributed by atoms with van der Waals surface area (Å²) in [4.78, 5) is 19.9. The van der Waals surface area contributed by atoms with Gasteiger partial charge in [0.2, 0.25) is 5.91 Å². The average Bonchev–Trinajstić information content (AvgIpc) is 3.24. The molecule has 1 aromatic carbocycles. The van der Waals surface area contributed by atoms with Crippen LogP contribution < -0.4 is 0 Å². The van der Waals surface area contributed by atoms with Crippen molar-refractivity contribution in [1.29, 1.82) is 0 Å². The molecule has 0 radical (unpaired) electrons. The molecular weight excluding hydrogens is 340 g/mol. The van der Waals surface area contributed by atoms with Crippen molar-refractivity contribution in [1.82, 2.24) is 9.80 Å². The summed E-state index contributed by atoms with van der Waals surface area (Å²) in [7, 11) is 1.98. The SMILES string of the molecule is Cc1ccccc1-c1ccc(C2CC(CN3CCCCC3)C(=O)N2C)s1. The molecular formula is C22H28N2OS. The first-order valence-electron chi connectivity index (χ1n) is 9.78. The van der Waals surface area contributed by atoms with E-state index in [1.165, 1.54) is 40.1 Å². The van der Waals surface area contributed by atoms with Crippen LogP contribution in [0.3, 0.4) is 0 Å². The van der Waals surface area contributed by atoms with Gasteiger partial charge in [0.05, 0.1) is 12.0 Å². The molecule has 2 unspecified atom stereocenters. The van der Waals surface area contributed by atoms with E-state index in [0.717, 1.165) is 26.1 Å². The molecule has 0 aliphatic carbocycles. The average molecular weight is 369 g/mol. The molecule has 2 fully saturated rings. The van der Waals surface area contributed by atoms with E-state index in [-0.39, 0.29) is 12.0 Å². The van der Waals surface area contributed by atoms with E-state index in [4.69, 9.17) is 0 Å². The van der Waals surface area contributed by atoms with Gasteiger partial charge in [-0.05, 0) is 62.5 Å². The normalized spacial score (nSPS) is 24.4. The zero-order valence-electron chi connectivity index (χ0n) is 15.8. The Morgan fingerprint density at radius 1 is 1.08 bits per heavy atom. The molecule has 26 heavy (non-hydrogen) atoms. The lowest BCUT2D eigenvalue weighted by molar-refractivity contribution is -0.131. The van der Waals surface area contributed by atoms with E-state index in [1.807, 2.05) is 23.3 Å². The molecule has 2 atom stereocenters. The Morgan fingerprint density at radius 2 is 1.85 bits per heavy atom. The minimum Gasteiger partial charge on any atom is -0.338 e. The minimum atomic E-state index is 0.159. The molecule has 3 nitrogen and oxygen atoms in total. The van der Waals surface area contributed by atoms with E-state index in [1.54, 1.807) is 0 Å². The molecule has 0 bridgehead atoms. The Balaban J connectivity index is 1.49. The van der Waals surface area contributed by atoms with Crippen LogP contribution in [0, 0.1) is 12.8 Å². The highest BCUT2D eigenvalue weighted by molar-refractivity contribution is 7.15. The van der Waals surface area contributed by atoms with Crippen molar-refractivity contribution in [2.24, 2.45) is 5.92 Å². The molecule has 3 heterocycles. The predicted octanol–water partition coefficient (Wildman–Crippen LogP) is 4.73. The number of nitrogens with zero attached hydrogens (tertiary/aromatic N) is 2. The zero-order valence-corrected chi connectivity index (χ0v) is 16.6. The largest absolute Gasteiger partial charge is 0.338 e. The van der Waals surface area contributed by atoms with Crippen LogP contribution in [0.4, 0.5) is 0 Å². The van der Waals surface area contributed by atoms with E-state index in [9.17, 15) is 4.79 Å². The number of rotatable bonds is 4. The maximum Gasteiger partial charge on any atom is 0.227 e. The second kappa shape index (κ2) is 7.53. The molecule has 2 aliphatic rings. The fourth-order valence-corrected chi connectivity index (χ4v) is 5.66. The number of carbonyl (C=O) groups excluding carboxylic acids is 1. The van der Waals surface area contributed by atoms with E-state index < -0.39 is 0 Å². The van der Waals surface area contributed by atoms with Gasteiger partial charge in [-0.3, -0.25) is 4.79 Å². The summed E-state index contributed by atoms with van der Waals surface area (Å²) in [6.45, 7) is 5.42. The van der Waals surface area contributed by atoms with Gasteiger partial charge in [0, 0.05) is 23.3 Å². The highest BCUT2D eigenvalue weighted by Gasteiger charge is 2.39. The Labute approximate surface area is 160 Å². The lowest BCUT2D eigenvalue weighted by atomic mass is 10.0. The fourth-order valence-electron chi connectivity index (χ4n) is 4.41. The van der Waals surface area contributed by atoms with Crippen molar-refractivity contribution in [2.75, 3.05) is 26.7 Å². The highest BCUT2D eigenvalue weighted by Crippen LogP contribution is 2.41. The standard InChI is InChI=1S/C22H28N2OS/c1-16-8-4-5-9-18(16)20-10-11-21(26-20)19-14-17(22(25)23(19)2)15-24-12-6-3-7-13-24/h4-5,8-11,17,19H,3,6-7,12-15H2,1-2H3. The minimum absolute atomic E-state index is 0.159.